The average molecular weight is 282 g/mol. The maximum Gasteiger partial charge on any atom is 0.0500 e. The number of nitrogens with zero attached hydrogens (tertiary/aromatic N) is 2. The highest BCUT2D eigenvalue weighted by atomic mass is 35.5. The van der Waals surface area contributed by atoms with Gasteiger partial charge in [0.15, 0.2) is 0 Å². The van der Waals surface area contributed by atoms with Crippen molar-refractivity contribution in [3.63, 3.8) is 0 Å². The molecule has 1 saturated heterocycles. The van der Waals surface area contributed by atoms with Crippen molar-refractivity contribution in [3.05, 3.63) is 34.9 Å². The molecule has 1 heterocycles. The van der Waals surface area contributed by atoms with Crippen molar-refractivity contribution in [3.8, 4) is 0 Å². The van der Waals surface area contributed by atoms with Crippen molar-refractivity contribution < 1.29 is 0 Å². The molecule has 3 atom stereocenters. The number of rotatable bonds is 3. The van der Waals surface area contributed by atoms with Crippen molar-refractivity contribution in [1.82, 2.24) is 9.80 Å². The second-order valence-corrected chi connectivity index (χ2v) is 6.14. The quantitative estimate of drug-likeness (QED) is 0.923. The molecular formula is C15H24ClN3. The number of halogens is 1. The van der Waals surface area contributed by atoms with Crippen LogP contribution in [-0.4, -0.2) is 48.6 Å². The van der Waals surface area contributed by atoms with Crippen LogP contribution >= 0.6 is 11.6 Å². The summed E-state index contributed by atoms with van der Waals surface area (Å²) in [5.41, 5.74) is 7.47. The van der Waals surface area contributed by atoms with Crippen molar-refractivity contribution >= 4 is 11.6 Å². The molecule has 1 aromatic carbocycles. The highest BCUT2D eigenvalue weighted by Crippen LogP contribution is 2.29. The minimum absolute atomic E-state index is 0.0873. The number of piperazine rings is 1. The Hall–Kier alpha value is -0.610. The van der Waals surface area contributed by atoms with Gasteiger partial charge in [0, 0.05) is 36.7 Å². The molecule has 106 valence electrons. The highest BCUT2D eigenvalue weighted by molar-refractivity contribution is 6.30. The molecule has 3 unspecified atom stereocenters. The van der Waals surface area contributed by atoms with E-state index in [0.717, 1.165) is 24.7 Å². The maximum absolute atomic E-state index is 6.25. The van der Waals surface area contributed by atoms with Crippen LogP contribution in [0.25, 0.3) is 0 Å². The van der Waals surface area contributed by atoms with Gasteiger partial charge in [0.1, 0.15) is 0 Å². The lowest BCUT2D eigenvalue weighted by molar-refractivity contribution is 0.0521. The molecule has 0 bridgehead atoms. The third-order valence-electron chi connectivity index (χ3n) is 3.93. The van der Waals surface area contributed by atoms with Crippen molar-refractivity contribution in [1.29, 1.82) is 0 Å². The van der Waals surface area contributed by atoms with Gasteiger partial charge in [-0.15, -0.1) is 0 Å². The molecule has 4 heteroatoms. The number of likely N-dealkylation sites (N-methyl/N-ethyl adjacent to an activating group) is 1. The Morgan fingerprint density at radius 1 is 1.37 bits per heavy atom. The molecule has 1 aliphatic rings. The van der Waals surface area contributed by atoms with Gasteiger partial charge in [0.05, 0.1) is 6.04 Å². The molecule has 2 N–H and O–H groups in total. The summed E-state index contributed by atoms with van der Waals surface area (Å²) in [7, 11) is 2.17. The normalized spacial score (nSPS) is 25.2. The van der Waals surface area contributed by atoms with Crippen LogP contribution in [0.3, 0.4) is 0 Å². The summed E-state index contributed by atoms with van der Waals surface area (Å²) in [6, 6.07) is 8.93. The first-order valence-corrected chi connectivity index (χ1v) is 7.32. The van der Waals surface area contributed by atoms with Gasteiger partial charge >= 0.3 is 0 Å². The van der Waals surface area contributed by atoms with E-state index in [4.69, 9.17) is 17.3 Å². The Morgan fingerprint density at radius 3 is 2.68 bits per heavy atom. The summed E-state index contributed by atoms with van der Waals surface area (Å²) < 4.78 is 0. The Bertz CT molecular complexity index is 422. The molecule has 0 saturated carbocycles. The van der Waals surface area contributed by atoms with Crippen LogP contribution in [0, 0.1) is 0 Å². The van der Waals surface area contributed by atoms with E-state index < -0.39 is 0 Å². The number of nitrogens with two attached hydrogens (primary N) is 1. The SMILES string of the molecule is CC(N)C(c1cccc(Cl)c1)N1CCN(C)CC1C. The van der Waals surface area contributed by atoms with Gasteiger partial charge in [-0.3, -0.25) is 4.90 Å². The zero-order valence-corrected chi connectivity index (χ0v) is 12.8. The lowest BCUT2D eigenvalue weighted by Gasteiger charge is -2.44. The van der Waals surface area contributed by atoms with Gasteiger partial charge in [-0.2, -0.15) is 0 Å². The van der Waals surface area contributed by atoms with Crippen LogP contribution in [0.2, 0.25) is 5.02 Å². The monoisotopic (exact) mass is 281 g/mol. The first-order chi connectivity index (χ1) is 8.99. The smallest absolute Gasteiger partial charge is 0.0500 e. The van der Waals surface area contributed by atoms with E-state index in [1.54, 1.807) is 0 Å². The minimum Gasteiger partial charge on any atom is -0.326 e. The third-order valence-corrected chi connectivity index (χ3v) is 4.16. The van der Waals surface area contributed by atoms with Crippen molar-refractivity contribution in [2.24, 2.45) is 5.73 Å². The van der Waals surface area contributed by atoms with Crippen LogP contribution in [0.5, 0.6) is 0 Å². The van der Waals surface area contributed by atoms with Gasteiger partial charge in [0.25, 0.3) is 0 Å². The topological polar surface area (TPSA) is 32.5 Å². The first kappa shape index (κ1) is 14.8. The predicted octanol–water partition coefficient (Wildman–Crippen LogP) is 2.36. The average Bonchev–Trinajstić information content (AvgIpc) is 2.32. The Morgan fingerprint density at radius 2 is 2.11 bits per heavy atom. The molecular weight excluding hydrogens is 258 g/mol. The fourth-order valence-electron chi connectivity index (χ4n) is 3.05. The van der Waals surface area contributed by atoms with Crippen molar-refractivity contribution in [2.75, 3.05) is 26.7 Å². The van der Waals surface area contributed by atoms with Gasteiger partial charge in [0.2, 0.25) is 0 Å². The highest BCUT2D eigenvalue weighted by Gasteiger charge is 2.31. The van der Waals surface area contributed by atoms with Crippen LogP contribution in [-0.2, 0) is 0 Å². The molecule has 2 rings (SSSR count). The number of hydrogen-bond donors (Lipinski definition) is 1. The lowest BCUT2D eigenvalue weighted by Crippen LogP contribution is -2.54. The zero-order valence-electron chi connectivity index (χ0n) is 12.0. The lowest BCUT2D eigenvalue weighted by atomic mass is 9.96. The molecule has 1 fully saturated rings. The first-order valence-electron chi connectivity index (χ1n) is 6.94. The molecule has 1 aliphatic heterocycles. The molecule has 0 radical (unpaired) electrons. The van der Waals surface area contributed by atoms with Crippen LogP contribution < -0.4 is 5.73 Å². The van der Waals surface area contributed by atoms with Crippen LogP contribution in [0.4, 0.5) is 0 Å². The van der Waals surface area contributed by atoms with E-state index in [0.29, 0.717) is 6.04 Å². The van der Waals surface area contributed by atoms with Crippen LogP contribution in [0.15, 0.2) is 24.3 Å². The molecule has 1 aromatic rings. The van der Waals surface area contributed by atoms with Crippen LogP contribution in [0.1, 0.15) is 25.5 Å². The Balaban J connectivity index is 2.25. The zero-order chi connectivity index (χ0) is 14.0. The second kappa shape index (κ2) is 6.23. The summed E-state index contributed by atoms with van der Waals surface area (Å²) in [5.74, 6) is 0. The van der Waals surface area contributed by atoms with Gasteiger partial charge in [-0.25, -0.2) is 0 Å². The standard InChI is InChI=1S/C15H24ClN3/c1-11-10-18(3)7-8-19(11)15(12(2)17)13-5-4-6-14(16)9-13/h4-6,9,11-12,15H,7-8,10,17H2,1-3H3. The van der Waals surface area contributed by atoms with E-state index in [9.17, 15) is 0 Å². The second-order valence-electron chi connectivity index (χ2n) is 5.71. The third kappa shape index (κ3) is 3.48. The largest absolute Gasteiger partial charge is 0.326 e. The van der Waals surface area contributed by atoms with E-state index in [1.165, 1.54) is 5.56 Å². The summed E-state index contributed by atoms with van der Waals surface area (Å²) in [6.07, 6.45) is 0. The maximum atomic E-state index is 6.25. The van der Waals surface area contributed by atoms with E-state index in [2.05, 4.69) is 36.8 Å². The number of hydrogen-bond acceptors (Lipinski definition) is 3. The Kier molecular flexibility index (Phi) is 4.85. The molecule has 19 heavy (non-hydrogen) atoms. The molecule has 0 aromatic heterocycles. The van der Waals surface area contributed by atoms with E-state index >= 15 is 0 Å². The molecule has 0 aliphatic carbocycles. The summed E-state index contributed by atoms with van der Waals surface area (Å²) >= 11 is 6.12. The summed E-state index contributed by atoms with van der Waals surface area (Å²) in [6.45, 7) is 7.58. The fraction of sp³-hybridized carbons (Fsp3) is 0.600. The minimum atomic E-state index is 0.0873. The fourth-order valence-corrected chi connectivity index (χ4v) is 3.25. The molecule has 3 nitrogen and oxygen atoms in total. The van der Waals surface area contributed by atoms with Gasteiger partial charge < -0.3 is 10.6 Å². The van der Waals surface area contributed by atoms with E-state index in [-0.39, 0.29) is 12.1 Å². The summed E-state index contributed by atoms with van der Waals surface area (Å²) in [5, 5.41) is 0.782. The van der Waals surface area contributed by atoms with E-state index in [1.807, 2.05) is 18.2 Å². The Labute approximate surface area is 121 Å². The van der Waals surface area contributed by atoms with Gasteiger partial charge in [-0.05, 0) is 38.6 Å². The summed E-state index contributed by atoms with van der Waals surface area (Å²) in [4.78, 5) is 4.88. The predicted molar refractivity (Wildman–Crippen MR) is 81.5 cm³/mol. The van der Waals surface area contributed by atoms with Crippen molar-refractivity contribution in [2.45, 2.75) is 32.0 Å². The van der Waals surface area contributed by atoms with Gasteiger partial charge in [-0.1, -0.05) is 23.7 Å². The number of benzene rings is 1. The molecule has 0 spiro atoms. The molecule has 0 amide bonds.